The Kier molecular flexibility index (Phi) is 5.16. The number of Topliss-reactive ketones (excluding diaryl/α,β-unsaturated/α-hetero) is 1. The number of hydrogen-bond donors (Lipinski definition) is 0. The molecule has 1 aliphatic carbocycles. The van der Waals surface area contributed by atoms with Gasteiger partial charge in [0.2, 0.25) is 5.91 Å². The van der Waals surface area contributed by atoms with E-state index in [9.17, 15) is 9.59 Å². The van der Waals surface area contributed by atoms with E-state index in [4.69, 9.17) is 0 Å². The zero-order valence-corrected chi connectivity index (χ0v) is 13.2. The van der Waals surface area contributed by atoms with Crippen LogP contribution in [-0.4, -0.2) is 30.2 Å². The molecule has 0 spiro atoms. The highest BCUT2D eigenvalue weighted by atomic mass is 16.2. The van der Waals surface area contributed by atoms with Gasteiger partial charge in [0, 0.05) is 18.5 Å². The zero-order valence-electron chi connectivity index (χ0n) is 13.2. The van der Waals surface area contributed by atoms with Gasteiger partial charge in [0.1, 0.15) is 0 Å². The fourth-order valence-corrected chi connectivity index (χ4v) is 3.26. The van der Waals surface area contributed by atoms with E-state index >= 15 is 0 Å². The van der Waals surface area contributed by atoms with E-state index in [0.717, 1.165) is 18.8 Å². The Balaban J connectivity index is 1.92. The van der Waals surface area contributed by atoms with Crippen molar-refractivity contribution in [1.29, 1.82) is 0 Å². The molecule has 0 N–H and O–H groups in total. The Labute approximate surface area is 127 Å². The Morgan fingerprint density at radius 1 is 1.24 bits per heavy atom. The standard InChI is InChI=1S/C18H25NO2/c1-13-9-10-16(11-13)14(2)18(21)19(3)12-17(20)15-7-5-4-6-8-15/h4-8,13-14,16H,9-12H2,1-3H3. The van der Waals surface area contributed by atoms with Gasteiger partial charge in [-0.25, -0.2) is 0 Å². The van der Waals surface area contributed by atoms with Crippen LogP contribution in [0.4, 0.5) is 0 Å². The normalized spacial score (nSPS) is 22.8. The van der Waals surface area contributed by atoms with E-state index in [2.05, 4.69) is 6.92 Å². The molecule has 1 aliphatic rings. The maximum Gasteiger partial charge on any atom is 0.225 e. The van der Waals surface area contributed by atoms with Crippen LogP contribution in [0.25, 0.3) is 0 Å². The van der Waals surface area contributed by atoms with Crippen molar-refractivity contribution >= 4 is 11.7 Å². The molecule has 1 aromatic carbocycles. The first-order valence-electron chi connectivity index (χ1n) is 7.82. The molecular formula is C18H25NO2. The predicted octanol–water partition coefficient (Wildman–Crippen LogP) is 3.40. The number of hydrogen-bond acceptors (Lipinski definition) is 2. The molecule has 0 heterocycles. The van der Waals surface area contributed by atoms with Gasteiger partial charge < -0.3 is 4.90 Å². The van der Waals surface area contributed by atoms with Crippen LogP contribution in [0, 0.1) is 17.8 Å². The van der Waals surface area contributed by atoms with Gasteiger partial charge in [0.15, 0.2) is 5.78 Å². The summed E-state index contributed by atoms with van der Waals surface area (Å²) < 4.78 is 0. The van der Waals surface area contributed by atoms with Gasteiger partial charge in [0.05, 0.1) is 6.54 Å². The molecule has 1 saturated carbocycles. The van der Waals surface area contributed by atoms with Crippen LogP contribution in [0.2, 0.25) is 0 Å². The van der Waals surface area contributed by atoms with Gasteiger partial charge in [-0.1, -0.05) is 50.6 Å². The van der Waals surface area contributed by atoms with Gasteiger partial charge in [0.25, 0.3) is 0 Å². The van der Waals surface area contributed by atoms with Gasteiger partial charge in [-0.3, -0.25) is 9.59 Å². The first kappa shape index (κ1) is 15.7. The minimum atomic E-state index is -0.00144. The number of rotatable bonds is 5. The summed E-state index contributed by atoms with van der Waals surface area (Å²) in [6.07, 6.45) is 3.48. The van der Waals surface area contributed by atoms with Crippen LogP contribution in [0.3, 0.4) is 0 Å². The smallest absolute Gasteiger partial charge is 0.225 e. The number of carbonyl (C=O) groups excluding carboxylic acids is 2. The topological polar surface area (TPSA) is 37.4 Å². The second-order valence-electron chi connectivity index (χ2n) is 6.45. The molecule has 3 nitrogen and oxygen atoms in total. The summed E-state index contributed by atoms with van der Waals surface area (Å²) >= 11 is 0. The lowest BCUT2D eigenvalue weighted by atomic mass is 9.90. The number of amides is 1. The van der Waals surface area contributed by atoms with Crippen LogP contribution in [0.15, 0.2) is 30.3 Å². The fraction of sp³-hybridized carbons (Fsp3) is 0.556. The van der Waals surface area contributed by atoms with Crippen molar-refractivity contribution in [3.8, 4) is 0 Å². The second kappa shape index (κ2) is 6.88. The summed E-state index contributed by atoms with van der Waals surface area (Å²) in [6.45, 7) is 4.42. The molecule has 3 unspecified atom stereocenters. The van der Waals surface area contributed by atoms with Crippen molar-refractivity contribution in [2.24, 2.45) is 17.8 Å². The molecule has 3 atom stereocenters. The van der Waals surface area contributed by atoms with E-state index < -0.39 is 0 Å². The Morgan fingerprint density at radius 3 is 2.48 bits per heavy atom. The minimum absolute atomic E-state index is 0.00144. The largest absolute Gasteiger partial charge is 0.338 e. The maximum atomic E-state index is 12.5. The number of benzene rings is 1. The van der Waals surface area contributed by atoms with Crippen molar-refractivity contribution in [2.75, 3.05) is 13.6 Å². The Hall–Kier alpha value is -1.64. The molecule has 0 aliphatic heterocycles. The summed E-state index contributed by atoms with van der Waals surface area (Å²) in [7, 11) is 1.73. The van der Waals surface area contributed by atoms with Crippen molar-refractivity contribution in [2.45, 2.75) is 33.1 Å². The van der Waals surface area contributed by atoms with Crippen molar-refractivity contribution in [3.05, 3.63) is 35.9 Å². The fourth-order valence-electron chi connectivity index (χ4n) is 3.26. The molecule has 1 aromatic rings. The van der Waals surface area contributed by atoms with Crippen LogP contribution >= 0.6 is 0 Å². The molecule has 2 rings (SSSR count). The monoisotopic (exact) mass is 287 g/mol. The lowest BCUT2D eigenvalue weighted by molar-refractivity contribution is -0.134. The second-order valence-corrected chi connectivity index (χ2v) is 6.45. The molecule has 21 heavy (non-hydrogen) atoms. The van der Waals surface area contributed by atoms with Crippen LogP contribution < -0.4 is 0 Å². The van der Waals surface area contributed by atoms with Crippen LogP contribution in [0.5, 0.6) is 0 Å². The number of nitrogens with zero attached hydrogens (tertiary/aromatic N) is 1. The summed E-state index contributed by atoms with van der Waals surface area (Å²) in [5.74, 6) is 1.31. The molecule has 0 radical (unpaired) electrons. The maximum absolute atomic E-state index is 12.5. The van der Waals surface area contributed by atoms with Gasteiger partial charge in [-0.2, -0.15) is 0 Å². The minimum Gasteiger partial charge on any atom is -0.338 e. The first-order chi connectivity index (χ1) is 9.99. The number of likely N-dealkylation sites (N-methyl/N-ethyl adjacent to an activating group) is 1. The lowest BCUT2D eigenvalue weighted by Crippen LogP contribution is -2.38. The van der Waals surface area contributed by atoms with E-state index in [1.165, 1.54) is 6.42 Å². The van der Waals surface area contributed by atoms with E-state index in [1.807, 2.05) is 25.1 Å². The molecule has 1 amide bonds. The van der Waals surface area contributed by atoms with Crippen molar-refractivity contribution < 1.29 is 9.59 Å². The number of carbonyl (C=O) groups is 2. The van der Waals surface area contributed by atoms with E-state index in [-0.39, 0.29) is 24.2 Å². The third-order valence-electron chi connectivity index (χ3n) is 4.68. The third-order valence-corrected chi connectivity index (χ3v) is 4.68. The van der Waals surface area contributed by atoms with Gasteiger partial charge in [-0.15, -0.1) is 0 Å². The Bertz CT molecular complexity index is 497. The third kappa shape index (κ3) is 3.93. The SMILES string of the molecule is CC1CCC(C(C)C(=O)N(C)CC(=O)c2ccccc2)C1. The molecule has 114 valence electrons. The molecule has 0 bridgehead atoms. The average molecular weight is 287 g/mol. The van der Waals surface area contributed by atoms with Crippen LogP contribution in [0.1, 0.15) is 43.5 Å². The zero-order chi connectivity index (χ0) is 15.4. The highest BCUT2D eigenvalue weighted by Gasteiger charge is 2.32. The summed E-state index contributed by atoms with van der Waals surface area (Å²) in [5.41, 5.74) is 0.666. The van der Waals surface area contributed by atoms with Crippen molar-refractivity contribution in [1.82, 2.24) is 4.90 Å². The van der Waals surface area contributed by atoms with E-state index in [1.54, 1.807) is 24.1 Å². The quantitative estimate of drug-likeness (QED) is 0.778. The Morgan fingerprint density at radius 2 is 1.90 bits per heavy atom. The summed E-state index contributed by atoms with van der Waals surface area (Å²) in [4.78, 5) is 26.2. The summed E-state index contributed by atoms with van der Waals surface area (Å²) in [6, 6.07) is 9.16. The summed E-state index contributed by atoms with van der Waals surface area (Å²) in [5, 5.41) is 0. The van der Waals surface area contributed by atoms with Gasteiger partial charge >= 0.3 is 0 Å². The lowest BCUT2D eigenvalue weighted by Gasteiger charge is -2.24. The van der Waals surface area contributed by atoms with Crippen molar-refractivity contribution in [3.63, 3.8) is 0 Å². The van der Waals surface area contributed by atoms with E-state index in [0.29, 0.717) is 11.5 Å². The van der Waals surface area contributed by atoms with Gasteiger partial charge in [-0.05, 0) is 24.7 Å². The highest BCUT2D eigenvalue weighted by molar-refractivity contribution is 5.99. The van der Waals surface area contributed by atoms with Crippen LogP contribution in [-0.2, 0) is 4.79 Å². The average Bonchev–Trinajstić information content (AvgIpc) is 2.93. The first-order valence-corrected chi connectivity index (χ1v) is 7.82. The highest BCUT2D eigenvalue weighted by Crippen LogP contribution is 2.35. The number of ketones is 1. The molecule has 0 saturated heterocycles. The molecular weight excluding hydrogens is 262 g/mol. The predicted molar refractivity (Wildman–Crippen MR) is 84.1 cm³/mol. The molecule has 1 fully saturated rings. The molecule has 3 heteroatoms. The molecule has 0 aromatic heterocycles.